The Bertz CT molecular complexity index is 466. The number of benzene rings is 1. The Morgan fingerprint density at radius 1 is 1.15 bits per heavy atom. The van der Waals surface area contributed by atoms with Crippen molar-refractivity contribution in [3.63, 3.8) is 0 Å². The first-order valence-electron chi connectivity index (χ1n) is 6.03. The molecule has 0 amide bonds. The molecule has 0 saturated carbocycles. The lowest BCUT2D eigenvalue weighted by molar-refractivity contribution is -0.274. The molecule has 0 aliphatic rings. The van der Waals surface area contributed by atoms with Crippen LogP contribution < -0.4 is 9.46 Å². The molecule has 0 aromatic heterocycles. The van der Waals surface area contributed by atoms with Gasteiger partial charge in [-0.15, -0.1) is 13.2 Å². The number of ether oxygens (including phenoxy) is 1. The van der Waals surface area contributed by atoms with Crippen molar-refractivity contribution in [2.45, 2.75) is 44.8 Å². The Morgan fingerprint density at radius 3 is 2.05 bits per heavy atom. The van der Waals surface area contributed by atoms with Crippen LogP contribution in [0.3, 0.4) is 0 Å². The Kier molecular flexibility index (Phi) is 5.21. The molecule has 0 aliphatic carbocycles. The molecule has 0 saturated heterocycles. The van der Waals surface area contributed by atoms with Crippen LogP contribution in [0.1, 0.15) is 39.3 Å². The first kappa shape index (κ1) is 17.0. The number of alkyl halides is 3. The summed E-state index contributed by atoms with van der Waals surface area (Å²) in [5, 5.41) is 0. The van der Waals surface area contributed by atoms with Crippen molar-refractivity contribution in [3.05, 3.63) is 29.8 Å². The predicted octanol–water partition coefficient (Wildman–Crippen LogP) is 3.70. The molecule has 1 unspecified atom stereocenters. The SMILES string of the molecule is C[C@@H](NS(=O)C(C)(C)C)c1ccc(OC(F)(F)F)cc1. The minimum Gasteiger partial charge on any atom is -0.406 e. The first-order valence-corrected chi connectivity index (χ1v) is 7.18. The fourth-order valence-corrected chi connectivity index (χ4v) is 2.17. The quantitative estimate of drug-likeness (QED) is 0.921. The monoisotopic (exact) mass is 309 g/mol. The Hall–Kier alpha value is -1.08. The normalized spacial score (nSPS) is 15.8. The van der Waals surface area contributed by atoms with Crippen LogP contribution in [0.2, 0.25) is 0 Å². The molecule has 1 aromatic carbocycles. The molecule has 1 aromatic rings. The summed E-state index contributed by atoms with van der Waals surface area (Å²) in [6.45, 7) is 7.30. The van der Waals surface area contributed by atoms with E-state index in [1.54, 1.807) is 6.92 Å². The molecule has 1 rings (SSSR count). The van der Waals surface area contributed by atoms with E-state index in [1.165, 1.54) is 24.3 Å². The summed E-state index contributed by atoms with van der Waals surface area (Å²) in [7, 11) is -1.25. The van der Waals surface area contributed by atoms with Gasteiger partial charge in [0.25, 0.3) is 0 Å². The molecule has 0 fully saturated rings. The second-order valence-corrected chi connectivity index (χ2v) is 7.34. The van der Waals surface area contributed by atoms with Gasteiger partial charge in [-0.25, -0.2) is 8.93 Å². The molecular formula is C13H18F3NO2S. The van der Waals surface area contributed by atoms with Crippen molar-refractivity contribution >= 4 is 11.0 Å². The summed E-state index contributed by atoms with van der Waals surface area (Å²) in [5.74, 6) is -0.273. The van der Waals surface area contributed by atoms with Gasteiger partial charge in [-0.05, 0) is 45.4 Å². The predicted molar refractivity (Wildman–Crippen MR) is 72.6 cm³/mol. The number of hydrogen-bond acceptors (Lipinski definition) is 2. The fraction of sp³-hybridized carbons (Fsp3) is 0.538. The smallest absolute Gasteiger partial charge is 0.406 e. The van der Waals surface area contributed by atoms with Crippen molar-refractivity contribution in [1.82, 2.24) is 4.72 Å². The van der Waals surface area contributed by atoms with Crippen LogP contribution in [0.4, 0.5) is 13.2 Å². The second-order valence-electron chi connectivity index (χ2n) is 5.34. The van der Waals surface area contributed by atoms with Gasteiger partial charge in [0, 0.05) is 6.04 Å². The van der Waals surface area contributed by atoms with Crippen molar-refractivity contribution in [1.29, 1.82) is 0 Å². The zero-order valence-corrected chi connectivity index (χ0v) is 12.6. The number of halogens is 3. The number of hydrogen-bond donors (Lipinski definition) is 1. The van der Waals surface area contributed by atoms with Gasteiger partial charge in [-0.2, -0.15) is 0 Å². The molecule has 3 nitrogen and oxygen atoms in total. The van der Waals surface area contributed by atoms with Crippen LogP contribution >= 0.6 is 0 Å². The van der Waals surface area contributed by atoms with Gasteiger partial charge >= 0.3 is 6.36 Å². The Balaban J connectivity index is 2.71. The van der Waals surface area contributed by atoms with Gasteiger partial charge in [0.05, 0.1) is 15.7 Å². The largest absolute Gasteiger partial charge is 0.573 e. The van der Waals surface area contributed by atoms with E-state index in [2.05, 4.69) is 9.46 Å². The minimum absolute atomic E-state index is 0.241. The number of nitrogens with one attached hydrogen (secondary N) is 1. The zero-order chi connectivity index (χ0) is 15.6. The van der Waals surface area contributed by atoms with E-state index in [-0.39, 0.29) is 11.8 Å². The highest BCUT2D eigenvalue weighted by Crippen LogP contribution is 2.24. The topological polar surface area (TPSA) is 38.3 Å². The van der Waals surface area contributed by atoms with E-state index in [4.69, 9.17) is 0 Å². The average molecular weight is 309 g/mol. The van der Waals surface area contributed by atoms with Crippen molar-refractivity contribution in [3.8, 4) is 5.75 Å². The number of rotatable bonds is 4. The molecule has 114 valence electrons. The Morgan fingerprint density at radius 2 is 1.65 bits per heavy atom. The van der Waals surface area contributed by atoms with Crippen LogP contribution in [0, 0.1) is 0 Å². The molecule has 0 bridgehead atoms. The molecule has 7 heteroatoms. The minimum atomic E-state index is -4.70. The molecule has 20 heavy (non-hydrogen) atoms. The van der Waals surface area contributed by atoms with Gasteiger partial charge < -0.3 is 4.74 Å². The third kappa shape index (κ3) is 5.50. The highest BCUT2D eigenvalue weighted by Gasteiger charge is 2.31. The third-order valence-electron chi connectivity index (χ3n) is 2.45. The van der Waals surface area contributed by atoms with Crippen molar-refractivity contribution < 1.29 is 22.1 Å². The van der Waals surface area contributed by atoms with E-state index >= 15 is 0 Å². The second kappa shape index (κ2) is 6.13. The maximum absolute atomic E-state index is 12.0. The van der Waals surface area contributed by atoms with Gasteiger partial charge in [-0.1, -0.05) is 12.1 Å². The zero-order valence-electron chi connectivity index (χ0n) is 11.7. The molecule has 0 aliphatic heterocycles. The van der Waals surface area contributed by atoms with E-state index in [0.717, 1.165) is 5.56 Å². The van der Waals surface area contributed by atoms with E-state index < -0.39 is 22.1 Å². The standard InChI is InChI=1S/C13H18F3NO2S/c1-9(17-20(18)12(2,3)4)10-5-7-11(8-6-10)19-13(14,15)16/h5-9,17H,1-4H3/t9-,20?/m1/s1. The van der Waals surface area contributed by atoms with Gasteiger partial charge in [0.15, 0.2) is 0 Å². The van der Waals surface area contributed by atoms with E-state index in [0.29, 0.717) is 0 Å². The Labute approximate surface area is 119 Å². The van der Waals surface area contributed by atoms with Crippen LogP contribution in [-0.4, -0.2) is 15.3 Å². The van der Waals surface area contributed by atoms with Crippen LogP contribution in [-0.2, 0) is 11.0 Å². The summed E-state index contributed by atoms with van der Waals surface area (Å²) in [4.78, 5) is 0. The lowest BCUT2D eigenvalue weighted by Crippen LogP contribution is -2.34. The maximum atomic E-state index is 12.0. The molecule has 1 N–H and O–H groups in total. The van der Waals surface area contributed by atoms with E-state index in [1.807, 2.05) is 20.8 Å². The van der Waals surface area contributed by atoms with Gasteiger partial charge in [-0.3, -0.25) is 0 Å². The average Bonchev–Trinajstić information content (AvgIpc) is 2.26. The van der Waals surface area contributed by atoms with Gasteiger partial charge in [0.2, 0.25) is 0 Å². The molecule has 0 heterocycles. The van der Waals surface area contributed by atoms with Crippen LogP contribution in [0.15, 0.2) is 24.3 Å². The van der Waals surface area contributed by atoms with E-state index in [9.17, 15) is 17.4 Å². The lowest BCUT2D eigenvalue weighted by atomic mass is 10.1. The van der Waals surface area contributed by atoms with Crippen LogP contribution in [0.5, 0.6) is 5.75 Å². The highest BCUT2D eigenvalue weighted by atomic mass is 32.2. The van der Waals surface area contributed by atoms with Crippen molar-refractivity contribution in [2.75, 3.05) is 0 Å². The summed E-state index contributed by atoms with van der Waals surface area (Å²) in [6, 6.07) is 5.26. The molecule has 0 radical (unpaired) electrons. The molecular weight excluding hydrogens is 291 g/mol. The highest BCUT2D eigenvalue weighted by molar-refractivity contribution is 7.84. The lowest BCUT2D eigenvalue weighted by Gasteiger charge is -2.22. The maximum Gasteiger partial charge on any atom is 0.573 e. The summed E-state index contributed by atoms with van der Waals surface area (Å²) in [6.07, 6.45) is -4.70. The third-order valence-corrected chi connectivity index (χ3v) is 4.13. The van der Waals surface area contributed by atoms with Crippen LogP contribution in [0.25, 0.3) is 0 Å². The summed E-state index contributed by atoms with van der Waals surface area (Å²) >= 11 is 0. The first-order chi connectivity index (χ1) is 8.99. The summed E-state index contributed by atoms with van der Waals surface area (Å²) < 4.78 is 54.3. The molecule has 0 spiro atoms. The van der Waals surface area contributed by atoms with Gasteiger partial charge in [0.1, 0.15) is 5.75 Å². The van der Waals surface area contributed by atoms with Crippen molar-refractivity contribution in [2.24, 2.45) is 0 Å². The summed E-state index contributed by atoms with van der Waals surface area (Å²) in [5.41, 5.74) is 0.733. The fourth-order valence-electron chi connectivity index (χ4n) is 1.36. The molecule has 2 atom stereocenters.